The fourth-order valence-electron chi connectivity index (χ4n) is 0.953. The van der Waals surface area contributed by atoms with Crippen LogP contribution in [0.4, 0.5) is 0 Å². The molecule has 0 aromatic heterocycles. The first-order chi connectivity index (χ1) is 4.72. The third-order valence-electron chi connectivity index (χ3n) is 1.75. The minimum Gasteiger partial charge on any atom is -2.00 e. The zero-order chi connectivity index (χ0) is 7.98. The molecule has 0 spiro atoms. The summed E-state index contributed by atoms with van der Waals surface area (Å²) in [5.41, 5.74) is 0. The third-order valence-corrected chi connectivity index (χ3v) is 1.75. The Bertz CT molecular complexity index is 108. The Morgan fingerprint density at radius 1 is 1.31 bits per heavy atom. The van der Waals surface area contributed by atoms with Gasteiger partial charge in [0, 0.05) is 0 Å². The molecule has 0 bridgehead atoms. The zero-order valence-electron chi connectivity index (χ0n) is 8.08. The van der Waals surface area contributed by atoms with Crippen molar-refractivity contribution >= 4 is 5.97 Å². The molecule has 0 heterocycles. The first kappa shape index (κ1) is 23.3. The van der Waals surface area contributed by atoms with E-state index >= 15 is 0 Å². The van der Waals surface area contributed by atoms with E-state index in [9.17, 15) is 4.79 Å². The van der Waals surface area contributed by atoms with Gasteiger partial charge in [0.25, 0.3) is 0 Å². The summed E-state index contributed by atoms with van der Waals surface area (Å²) < 4.78 is 0. The Balaban J connectivity index is -0.000000135. The van der Waals surface area contributed by atoms with Gasteiger partial charge in [-0.2, -0.15) is 0 Å². The molecule has 0 saturated heterocycles. The molecule has 0 aliphatic carbocycles. The Morgan fingerprint density at radius 2 is 1.77 bits per heavy atom. The fourth-order valence-corrected chi connectivity index (χ4v) is 0.953. The molecular formula is C8H16O4Zr. The van der Waals surface area contributed by atoms with Gasteiger partial charge in [-0.3, -0.25) is 4.79 Å². The maximum absolute atomic E-state index is 10.4. The van der Waals surface area contributed by atoms with E-state index in [1.165, 1.54) is 0 Å². The second-order valence-corrected chi connectivity index (χ2v) is 2.59. The molecule has 1 N–H and O–H groups in total. The number of carbonyl (C=O) groups is 1. The van der Waals surface area contributed by atoms with Gasteiger partial charge < -0.3 is 16.1 Å². The van der Waals surface area contributed by atoms with Crippen LogP contribution in [0.2, 0.25) is 0 Å². The normalized spacial score (nSPS) is 10.0. The molecule has 0 rings (SSSR count). The quantitative estimate of drug-likeness (QED) is 0.825. The van der Waals surface area contributed by atoms with Crippen LogP contribution in [0.3, 0.4) is 0 Å². The van der Waals surface area contributed by atoms with Gasteiger partial charge >= 0.3 is 32.2 Å². The van der Waals surface area contributed by atoms with E-state index in [1.807, 2.05) is 6.92 Å². The van der Waals surface area contributed by atoms with Crippen LogP contribution in [0.15, 0.2) is 0 Å². The third kappa shape index (κ3) is 12.3. The molecule has 0 aliphatic rings. The van der Waals surface area contributed by atoms with E-state index in [0.717, 1.165) is 25.7 Å². The number of hydrogen-bond acceptors (Lipinski definition) is 1. The van der Waals surface area contributed by atoms with E-state index < -0.39 is 5.97 Å². The predicted octanol–water partition coefficient (Wildman–Crippen LogP) is 2.05. The van der Waals surface area contributed by atoms with E-state index in [1.54, 1.807) is 0 Å². The SMILES string of the molecule is CCCCC(CC)C(=O)O.[O-2].[O-2].[Zr+4]. The summed E-state index contributed by atoms with van der Waals surface area (Å²) in [7, 11) is 0. The van der Waals surface area contributed by atoms with Gasteiger partial charge in [0.05, 0.1) is 5.92 Å². The van der Waals surface area contributed by atoms with Crippen molar-refractivity contribution in [2.24, 2.45) is 5.92 Å². The molecule has 0 aromatic rings. The van der Waals surface area contributed by atoms with Gasteiger partial charge in [-0.25, -0.2) is 0 Å². The van der Waals surface area contributed by atoms with Crippen LogP contribution in [-0.4, -0.2) is 11.1 Å². The second kappa shape index (κ2) is 14.8. The standard InChI is InChI=1S/C8H16O2.2O.Zr/c1-3-5-6-7(4-2)8(9)10;;;/h7H,3-6H2,1-2H3,(H,9,10);;;/q;2*-2;+4. The predicted molar refractivity (Wildman–Crippen MR) is 42.3 cm³/mol. The summed E-state index contributed by atoms with van der Waals surface area (Å²) in [5.74, 6) is -0.754. The van der Waals surface area contributed by atoms with Crippen molar-refractivity contribution in [1.82, 2.24) is 0 Å². The van der Waals surface area contributed by atoms with Crippen LogP contribution in [0, 0.1) is 5.92 Å². The van der Waals surface area contributed by atoms with Crippen molar-refractivity contribution in [3.63, 3.8) is 0 Å². The summed E-state index contributed by atoms with van der Waals surface area (Å²) in [6, 6.07) is 0. The summed E-state index contributed by atoms with van der Waals surface area (Å²) in [4.78, 5) is 10.4. The molecule has 0 amide bonds. The number of unbranched alkanes of at least 4 members (excludes halogenated alkanes) is 1. The minimum atomic E-state index is -0.643. The molecule has 0 aliphatic heterocycles. The molecule has 13 heavy (non-hydrogen) atoms. The Hall–Kier alpha value is 0.273. The Labute approximate surface area is 98.5 Å². The summed E-state index contributed by atoms with van der Waals surface area (Å²) >= 11 is 0. The number of aliphatic carboxylic acids is 1. The average Bonchev–Trinajstić information content (AvgIpc) is 1.89. The molecular weight excluding hydrogens is 251 g/mol. The molecule has 0 fully saturated rings. The number of carboxylic acid groups (broad SMARTS) is 1. The van der Waals surface area contributed by atoms with E-state index in [2.05, 4.69) is 6.92 Å². The number of hydrogen-bond donors (Lipinski definition) is 1. The van der Waals surface area contributed by atoms with Crippen LogP contribution in [0.5, 0.6) is 0 Å². The Morgan fingerprint density at radius 3 is 2.00 bits per heavy atom. The molecule has 1 atom stereocenters. The summed E-state index contributed by atoms with van der Waals surface area (Å²) in [6.45, 7) is 4.00. The van der Waals surface area contributed by atoms with Crippen molar-refractivity contribution in [3.05, 3.63) is 0 Å². The maximum Gasteiger partial charge on any atom is 4.00 e. The smallest absolute Gasteiger partial charge is 2.00 e. The van der Waals surface area contributed by atoms with E-state index in [4.69, 9.17) is 5.11 Å². The molecule has 5 heteroatoms. The largest absolute Gasteiger partial charge is 4.00 e. The fraction of sp³-hybridized carbons (Fsp3) is 0.875. The zero-order valence-corrected chi connectivity index (χ0v) is 10.5. The van der Waals surface area contributed by atoms with Gasteiger partial charge in [0.1, 0.15) is 0 Å². The van der Waals surface area contributed by atoms with Gasteiger partial charge in [-0.05, 0) is 12.8 Å². The van der Waals surface area contributed by atoms with Crippen molar-refractivity contribution in [1.29, 1.82) is 0 Å². The van der Waals surface area contributed by atoms with E-state index in [-0.39, 0.29) is 43.1 Å². The van der Waals surface area contributed by atoms with Crippen LogP contribution >= 0.6 is 0 Å². The summed E-state index contributed by atoms with van der Waals surface area (Å²) in [5, 5.41) is 8.60. The number of rotatable bonds is 5. The van der Waals surface area contributed by atoms with Crippen LogP contribution in [0.25, 0.3) is 0 Å². The van der Waals surface area contributed by atoms with E-state index in [0.29, 0.717) is 0 Å². The second-order valence-electron chi connectivity index (χ2n) is 2.59. The van der Waals surface area contributed by atoms with Crippen molar-refractivity contribution in [2.75, 3.05) is 0 Å². The topological polar surface area (TPSA) is 94.3 Å². The van der Waals surface area contributed by atoms with Gasteiger partial charge in [0.2, 0.25) is 0 Å². The maximum atomic E-state index is 10.4. The first-order valence-electron chi connectivity index (χ1n) is 3.95. The van der Waals surface area contributed by atoms with Gasteiger partial charge in [-0.15, -0.1) is 0 Å². The van der Waals surface area contributed by atoms with Crippen LogP contribution < -0.4 is 0 Å². The number of carboxylic acids is 1. The first-order valence-corrected chi connectivity index (χ1v) is 3.95. The van der Waals surface area contributed by atoms with Crippen LogP contribution in [0.1, 0.15) is 39.5 Å². The molecule has 0 radical (unpaired) electrons. The summed E-state index contributed by atoms with van der Waals surface area (Å²) in [6.07, 6.45) is 3.71. The minimum absolute atomic E-state index is 0. The van der Waals surface area contributed by atoms with Crippen LogP contribution in [-0.2, 0) is 42.0 Å². The van der Waals surface area contributed by atoms with Gasteiger partial charge in [0.15, 0.2) is 0 Å². The molecule has 76 valence electrons. The molecule has 0 aromatic carbocycles. The molecule has 4 nitrogen and oxygen atoms in total. The average molecular weight is 267 g/mol. The van der Waals surface area contributed by atoms with Gasteiger partial charge in [-0.1, -0.05) is 26.7 Å². The van der Waals surface area contributed by atoms with Crippen molar-refractivity contribution < 1.29 is 47.1 Å². The van der Waals surface area contributed by atoms with Crippen molar-refractivity contribution in [2.45, 2.75) is 39.5 Å². The Kier molecular flexibility index (Phi) is 26.4. The van der Waals surface area contributed by atoms with Crippen molar-refractivity contribution in [3.8, 4) is 0 Å². The molecule has 1 unspecified atom stereocenters. The monoisotopic (exact) mass is 266 g/mol. The molecule has 0 saturated carbocycles.